The van der Waals surface area contributed by atoms with Crippen molar-refractivity contribution < 1.29 is 9.34 Å². The van der Waals surface area contributed by atoms with Crippen LogP contribution in [0.1, 0.15) is 13.3 Å². The molecule has 6 heteroatoms. The number of nitrogens with zero attached hydrogens (tertiary/aromatic N) is 2. The van der Waals surface area contributed by atoms with Gasteiger partial charge in [-0.1, -0.05) is 13.0 Å². The maximum atomic E-state index is 10.8. The second-order valence-electron chi connectivity index (χ2n) is 4.75. The van der Waals surface area contributed by atoms with E-state index in [0.29, 0.717) is 23.0 Å². The Labute approximate surface area is 103 Å². The van der Waals surface area contributed by atoms with Crippen molar-refractivity contribution in [1.29, 1.82) is 0 Å². The maximum Gasteiger partial charge on any atom is 0.298 e. The van der Waals surface area contributed by atoms with Crippen LogP contribution in [-0.2, 0) is 0 Å². The van der Waals surface area contributed by atoms with Crippen LogP contribution in [0.5, 0.6) is 0 Å². The maximum absolute atomic E-state index is 10.8. The molecule has 0 aliphatic heterocycles. The van der Waals surface area contributed by atoms with Gasteiger partial charge in [0.15, 0.2) is 11.1 Å². The molecule has 1 saturated carbocycles. The highest BCUT2D eigenvalue weighted by atomic mass is 16.6. The third-order valence-corrected chi connectivity index (χ3v) is 3.39. The third-order valence-electron chi connectivity index (χ3n) is 3.39. The van der Waals surface area contributed by atoms with Crippen LogP contribution in [0.4, 0.5) is 11.7 Å². The first-order valence-corrected chi connectivity index (χ1v) is 5.93. The van der Waals surface area contributed by atoms with Crippen molar-refractivity contribution in [3.05, 3.63) is 28.3 Å². The zero-order valence-corrected chi connectivity index (χ0v) is 9.92. The summed E-state index contributed by atoms with van der Waals surface area (Å²) in [5, 5.41) is 13.9. The van der Waals surface area contributed by atoms with E-state index >= 15 is 0 Å². The monoisotopic (exact) mass is 247 g/mol. The first-order valence-electron chi connectivity index (χ1n) is 5.93. The molecule has 0 bridgehead atoms. The number of benzene rings is 1. The predicted octanol–water partition coefficient (Wildman–Crippen LogP) is 2.80. The number of anilines is 1. The Morgan fingerprint density at radius 3 is 3.06 bits per heavy atom. The van der Waals surface area contributed by atoms with Gasteiger partial charge < -0.3 is 9.73 Å². The van der Waals surface area contributed by atoms with Crippen molar-refractivity contribution in [2.75, 3.05) is 11.9 Å². The lowest BCUT2D eigenvalue weighted by Crippen LogP contribution is -2.04. The SMILES string of the molecule is CC1CC1CNc1nc2c([N+](=O)[O-])cccc2o1. The Balaban J connectivity index is 1.86. The number of rotatable bonds is 4. The van der Waals surface area contributed by atoms with Crippen LogP contribution in [0.25, 0.3) is 11.1 Å². The molecule has 0 saturated heterocycles. The van der Waals surface area contributed by atoms with E-state index in [0.717, 1.165) is 12.5 Å². The van der Waals surface area contributed by atoms with Crippen molar-refractivity contribution in [2.45, 2.75) is 13.3 Å². The first-order chi connectivity index (χ1) is 8.65. The Morgan fingerprint density at radius 2 is 2.39 bits per heavy atom. The number of nitro benzene ring substituents is 1. The number of aromatic nitrogens is 1. The van der Waals surface area contributed by atoms with Gasteiger partial charge in [0.2, 0.25) is 0 Å². The van der Waals surface area contributed by atoms with E-state index in [9.17, 15) is 10.1 Å². The molecule has 1 aromatic heterocycles. The molecule has 2 unspecified atom stereocenters. The fraction of sp³-hybridized carbons (Fsp3) is 0.417. The molecule has 0 radical (unpaired) electrons. The first kappa shape index (κ1) is 11.0. The average Bonchev–Trinajstić information content (AvgIpc) is 2.89. The Morgan fingerprint density at radius 1 is 1.61 bits per heavy atom. The Bertz CT molecular complexity index is 608. The summed E-state index contributed by atoms with van der Waals surface area (Å²) in [6.07, 6.45) is 1.22. The van der Waals surface area contributed by atoms with Crippen molar-refractivity contribution in [3.8, 4) is 0 Å². The minimum atomic E-state index is -0.447. The molecule has 6 nitrogen and oxygen atoms in total. The van der Waals surface area contributed by atoms with Gasteiger partial charge in [0.1, 0.15) is 0 Å². The van der Waals surface area contributed by atoms with Crippen molar-refractivity contribution >= 4 is 22.8 Å². The van der Waals surface area contributed by atoms with Crippen LogP contribution < -0.4 is 5.32 Å². The summed E-state index contributed by atoms with van der Waals surface area (Å²) in [7, 11) is 0. The average molecular weight is 247 g/mol. The standard InChI is InChI=1S/C12H13N3O3/c1-7-5-8(7)6-13-12-14-11-9(15(16)17)3-2-4-10(11)18-12/h2-4,7-8H,5-6H2,1H3,(H,13,14). The van der Waals surface area contributed by atoms with Crippen molar-refractivity contribution in [2.24, 2.45) is 11.8 Å². The van der Waals surface area contributed by atoms with Gasteiger partial charge >= 0.3 is 0 Å². The van der Waals surface area contributed by atoms with Crippen LogP contribution in [0.2, 0.25) is 0 Å². The van der Waals surface area contributed by atoms with E-state index in [1.807, 2.05) is 0 Å². The van der Waals surface area contributed by atoms with Crippen LogP contribution >= 0.6 is 0 Å². The summed E-state index contributed by atoms with van der Waals surface area (Å²) in [5.41, 5.74) is 0.716. The van der Waals surface area contributed by atoms with Gasteiger partial charge in [0.25, 0.3) is 11.7 Å². The van der Waals surface area contributed by atoms with Gasteiger partial charge in [0, 0.05) is 12.6 Å². The highest BCUT2D eigenvalue weighted by Crippen LogP contribution is 2.37. The zero-order chi connectivity index (χ0) is 12.7. The number of nitro groups is 1. The number of oxazole rings is 1. The molecule has 18 heavy (non-hydrogen) atoms. The lowest BCUT2D eigenvalue weighted by atomic mass is 10.3. The summed E-state index contributed by atoms with van der Waals surface area (Å²) in [5.74, 6) is 1.41. The molecule has 2 aromatic rings. The Kier molecular flexibility index (Phi) is 2.43. The van der Waals surface area contributed by atoms with Crippen LogP contribution in [0.15, 0.2) is 22.6 Å². The van der Waals surface area contributed by atoms with E-state index in [4.69, 9.17) is 4.42 Å². The zero-order valence-electron chi connectivity index (χ0n) is 9.92. The molecule has 1 aliphatic carbocycles. The fourth-order valence-electron chi connectivity index (χ4n) is 2.06. The Hall–Kier alpha value is -2.11. The summed E-state index contributed by atoms with van der Waals surface area (Å²) < 4.78 is 5.45. The molecule has 1 aliphatic rings. The van der Waals surface area contributed by atoms with E-state index < -0.39 is 4.92 Å². The van der Waals surface area contributed by atoms with Crippen molar-refractivity contribution in [1.82, 2.24) is 4.98 Å². The molecule has 0 spiro atoms. The number of fused-ring (bicyclic) bond motifs is 1. The quantitative estimate of drug-likeness (QED) is 0.663. The lowest BCUT2D eigenvalue weighted by molar-refractivity contribution is -0.383. The summed E-state index contributed by atoms with van der Waals surface area (Å²) >= 11 is 0. The second kappa shape index (κ2) is 3.97. The second-order valence-corrected chi connectivity index (χ2v) is 4.75. The molecule has 3 rings (SSSR count). The van der Waals surface area contributed by atoms with Gasteiger partial charge in [-0.25, -0.2) is 0 Å². The fourth-order valence-corrected chi connectivity index (χ4v) is 2.06. The van der Waals surface area contributed by atoms with Gasteiger partial charge in [-0.2, -0.15) is 4.98 Å². The molecular formula is C12H13N3O3. The van der Waals surface area contributed by atoms with Crippen LogP contribution in [0, 0.1) is 22.0 Å². The minimum absolute atomic E-state index is 0.0240. The molecule has 1 N–H and O–H groups in total. The largest absolute Gasteiger partial charge is 0.423 e. The topological polar surface area (TPSA) is 81.2 Å². The molecule has 0 amide bonds. The van der Waals surface area contributed by atoms with Gasteiger partial charge in [-0.3, -0.25) is 10.1 Å². The number of hydrogen-bond acceptors (Lipinski definition) is 5. The molecule has 1 heterocycles. The normalized spacial score (nSPS) is 22.1. The minimum Gasteiger partial charge on any atom is -0.423 e. The molecule has 1 aromatic carbocycles. The van der Waals surface area contributed by atoms with E-state index in [1.54, 1.807) is 12.1 Å². The number of nitrogens with one attached hydrogen (secondary N) is 1. The van der Waals surface area contributed by atoms with E-state index in [2.05, 4.69) is 17.2 Å². The summed E-state index contributed by atoms with van der Waals surface area (Å²) in [6.45, 7) is 3.00. The molecule has 94 valence electrons. The van der Waals surface area contributed by atoms with Gasteiger partial charge in [-0.15, -0.1) is 0 Å². The molecular weight excluding hydrogens is 234 g/mol. The molecule has 1 fully saturated rings. The van der Waals surface area contributed by atoms with Crippen LogP contribution in [-0.4, -0.2) is 16.5 Å². The lowest BCUT2D eigenvalue weighted by Gasteiger charge is -1.97. The van der Waals surface area contributed by atoms with Gasteiger partial charge in [-0.05, 0) is 24.3 Å². The third kappa shape index (κ3) is 1.90. The highest BCUT2D eigenvalue weighted by molar-refractivity contribution is 5.83. The highest BCUT2D eigenvalue weighted by Gasteiger charge is 2.32. The number of non-ortho nitro benzene ring substituents is 1. The van der Waals surface area contributed by atoms with Crippen LogP contribution in [0.3, 0.4) is 0 Å². The van der Waals surface area contributed by atoms with E-state index in [-0.39, 0.29) is 5.69 Å². The van der Waals surface area contributed by atoms with Gasteiger partial charge in [0.05, 0.1) is 4.92 Å². The predicted molar refractivity (Wildman–Crippen MR) is 66.4 cm³/mol. The smallest absolute Gasteiger partial charge is 0.298 e. The van der Waals surface area contributed by atoms with Crippen molar-refractivity contribution in [3.63, 3.8) is 0 Å². The molecule has 2 atom stereocenters. The van der Waals surface area contributed by atoms with E-state index in [1.165, 1.54) is 12.5 Å². The number of hydrogen-bond donors (Lipinski definition) is 1. The summed E-state index contributed by atoms with van der Waals surface area (Å²) in [6, 6.07) is 5.06. The number of para-hydroxylation sites is 1. The summed E-state index contributed by atoms with van der Waals surface area (Å²) in [4.78, 5) is 14.5.